The monoisotopic (exact) mass is 412 g/mol. The summed E-state index contributed by atoms with van der Waals surface area (Å²) in [4.78, 5) is 2.05. The van der Waals surface area contributed by atoms with Crippen molar-refractivity contribution < 1.29 is 5.11 Å². The zero-order valence-corrected chi connectivity index (χ0v) is 17.3. The fourth-order valence-electron chi connectivity index (χ4n) is 2.73. The minimum absolute atomic E-state index is 0.268. The van der Waals surface area contributed by atoms with E-state index in [1.54, 1.807) is 12.1 Å². The van der Waals surface area contributed by atoms with Crippen molar-refractivity contribution in [2.24, 2.45) is 0 Å². The van der Waals surface area contributed by atoms with Crippen LogP contribution in [0.5, 0.6) is 5.75 Å². The molecule has 0 unspecified atom stereocenters. The first-order valence-corrected chi connectivity index (χ1v) is 9.64. The van der Waals surface area contributed by atoms with E-state index in [-0.39, 0.29) is 5.75 Å². The highest BCUT2D eigenvalue weighted by atomic mass is 35.5. The van der Waals surface area contributed by atoms with E-state index in [2.05, 4.69) is 22.3 Å². The number of nitrogens with zero attached hydrogens (tertiary/aromatic N) is 1. The molecule has 0 atom stereocenters. The van der Waals surface area contributed by atoms with Crippen LogP contribution in [0.2, 0.25) is 10.0 Å². The van der Waals surface area contributed by atoms with Crippen LogP contribution in [0.4, 0.5) is 11.4 Å². The summed E-state index contributed by atoms with van der Waals surface area (Å²) in [7, 11) is 4.02. The Hall–Kier alpha value is -2.62. The molecule has 0 fully saturated rings. The summed E-state index contributed by atoms with van der Waals surface area (Å²) in [5, 5.41) is 14.6. The van der Waals surface area contributed by atoms with E-state index in [0.717, 1.165) is 28.1 Å². The molecule has 0 aliphatic rings. The van der Waals surface area contributed by atoms with E-state index < -0.39 is 0 Å². The molecule has 3 nitrogen and oxygen atoms in total. The molecule has 0 radical (unpaired) electrons. The van der Waals surface area contributed by atoms with Crippen molar-refractivity contribution in [2.75, 3.05) is 24.3 Å². The van der Waals surface area contributed by atoms with Crippen LogP contribution < -0.4 is 10.2 Å². The average molecular weight is 413 g/mol. The van der Waals surface area contributed by atoms with Crippen LogP contribution in [-0.4, -0.2) is 19.2 Å². The number of nitrogens with one attached hydrogen (secondary N) is 1. The maximum atomic E-state index is 10.2. The summed E-state index contributed by atoms with van der Waals surface area (Å²) in [6.45, 7) is 0.529. The Bertz CT molecular complexity index is 982. The number of halogens is 2. The van der Waals surface area contributed by atoms with Gasteiger partial charge in [0.15, 0.2) is 0 Å². The van der Waals surface area contributed by atoms with Gasteiger partial charge in [-0.3, -0.25) is 0 Å². The third-order valence-electron chi connectivity index (χ3n) is 4.38. The fourth-order valence-corrected chi connectivity index (χ4v) is 3.04. The standard InChI is InChI=1S/C23H22Cl2N2O/c1-27(2)20-9-7-19(8-10-20)26-15-18-13-16(6-12-23(18)28)3-4-17-5-11-21(24)22(25)14-17/h3-14,26,28H,15H2,1-2H3/b4-3+. The Labute approximate surface area is 175 Å². The van der Waals surface area contributed by atoms with Crippen molar-refractivity contribution in [3.05, 3.63) is 87.4 Å². The molecular formula is C23H22Cl2N2O. The lowest BCUT2D eigenvalue weighted by Gasteiger charge is -2.14. The quantitative estimate of drug-likeness (QED) is 0.450. The second-order valence-corrected chi connectivity index (χ2v) is 7.50. The van der Waals surface area contributed by atoms with Gasteiger partial charge in [0.2, 0.25) is 0 Å². The fraction of sp³-hybridized carbons (Fsp3) is 0.130. The highest BCUT2D eigenvalue weighted by molar-refractivity contribution is 6.42. The van der Waals surface area contributed by atoms with E-state index in [4.69, 9.17) is 23.2 Å². The highest BCUT2D eigenvalue weighted by Gasteiger charge is 2.03. The zero-order chi connectivity index (χ0) is 20.1. The molecule has 0 aliphatic heterocycles. The molecule has 0 saturated heterocycles. The minimum atomic E-state index is 0.268. The minimum Gasteiger partial charge on any atom is -0.508 e. The van der Waals surface area contributed by atoms with Gasteiger partial charge < -0.3 is 15.3 Å². The Kier molecular flexibility index (Phi) is 6.50. The van der Waals surface area contributed by atoms with Crippen molar-refractivity contribution >= 4 is 46.7 Å². The summed E-state index contributed by atoms with van der Waals surface area (Å²) in [6.07, 6.45) is 3.94. The smallest absolute Gasteiger partial charge is 0.120 e. The van der Waals surface area contributed by atoms with Crippen LogP contribution in [-0.2, 0) is 6.54 Å². The van der Waals surface area contributed by atoms with Gasteiger partial charge in [0.05, 0.1) is 10.0 Å². The van der Waals surface area contributed by atoms with Crippen molar-refractivity contribution in [2.45, 2.75) is 6.54 Å². The molecule has 3 aromatic rings. The topological polar surface area (TPSA) is 35.5 Å². The second kappa shape index (κ2) is 9.05. The van der Waals surface area contributed by atoms with Gasteiger partial charge in [0.1, 0.15) is 5.75 Å². The lowest BCUT2D eigenvalue weighted by molar-refractivity contribution is 0.469. The lowest BCUT2D eigenvalue weighted by atomic mass is 10.1. The maximum absolute atomic E-state index is 10.2. The van der Waals surface area contributed by atoms with Gasteiger partial charge in [0, 0.05) is 37.6 Å². The van der Waals surface area contributed by atoms with Crippen molar-refractivity contribution in [3.63, 3.8) is 0 Å². The average Bonchev–Trinajstić information content (AvgIpc) is 2.69. The number of aromatic hydroxyl groups is 1. The molecule has 0 heterocycles. The third-order valence-corrected chi connectivity index (χ3v) is 5.12. The van der Waals surface area contributed by atoms with Crippen LogP contribution >= 0.6 is 23.2 Å². The van der Waals surface area contributed by atoms with E-state index in [9.17, 15) is 5.11 Å². The van der Waals surface area contributed by atoms with Crippen LogP contribution in [0.1, 0.15) is 16.7 Å². The molecule has 144 valence electrons. The summed E-state index contributed by atoms with van der Waals surface area (Å²) < 4.78 is 0. The zero-order valence-electron chi connectivity index (χ0n) is 15.8. The van der Waals surface area contributed by atoms with Gasteiger partial charge in [0.25, 0.3) is 0 Å². The third kappa shape index (κ3) is 5.22. The van der Waals surface area contributed by atoms with Gasteiger partial charge >= 0.3 is 0 Å². The van der Waals surface area contributed by atoms with Crippen LogP contribution in [0.25, 0.3) is 12.2 Å². The number of hydrogen-bond acceptors (Lipinski definition) is 3. The number of phenolic OH excluding ortho intramolecular Hbond substituents is 1. The first-order valence-electron chi connectivity index (χ1n) is 8.88. The number of benzene rings is 3. The van der Waals surface area contributed by atoms with Crippen molar-refractivity contribution in [1.29, 1.82) is 0 Å². The van der Waals surface area contributed by atoms with Gasteiger partial charge in [-0.15, -0.1) is 0 Å². The van der Waals surface area contributed by atoms with E-state index in [0.29, 0.717) is 16.6 Å². The molecule has 2 N–H and O–H groups in total. The summed E-state index contributed by atoms with van der Waals surface area (Å²) >= 11 is 12.0. The number of rotatable bonds is 6. The first kappa shape index (κ1) is 20.1. The Morgan fingerprint density at radius 2 is 1.50 bits per heavy atom. The molecule has 28 heavy (non-hydrogen) atoms. The number of hydrogen-bond donors (Lipinski definition) is 2. The lowest BCUT2D eigenvalue weighted by Crippen LogP contribution is -2.08. The Balaban J connectivity index is 1.70. The van der Waals surface area contributed by atoms with Gasteiger partial charge in [-0.1, -0.05) is 47.5 Å². The van der Waals surface area contributed by atoms with Crippen molar-refractivity contribution in [1.82, 2.24) is 0 Å². The van der Waals surface area contributed by atoms with E-state index in [1.165, 1.54) is 0 Å². The SMILES string of the molecule is CN(C)c1ccc(NCc2cc(/C=C/c3ccc(Cl)c(Cl)c3)ccc2O)cc1. The van der Waals surface area contributed by atoms with Crippen LogP contribution in [0, 0.1) is 0 Å². The molecule has 3 aromatic carbocycles. The molecule has 0 saturated carbocycles. The van der Waals surface area contributed by atoms with E-state index in [1.807, 2.05) is 62.6 Å². The summed E-state index contributed by atoms with van der Waals surface area (Å²) in [5.41, 5.74) is 4.92. The molecule has 0 spiro atoms. The number of anilines is 2. The van der Waals surface area contributed by atoms with Gasteiger partial charge in [-0.05, 0) is 59.7 Å². The highest BCUT2D eigenvalue weighted by Crippen LogP contribution is 2.25. The summed E-state index contributed by atoms with van der Waals surface area (Å²) in [5.74, 6) is 0.268. The summed E-state index contributed by atoms with van der Waals surface area (Å²) in [6, 6.07) is 19.2. The molecule has 0 aliphatic carbocycles. The Morgan fingerprint density at radius 3 is 2.14 bits per heavy atom. The molecule has 0 amide bonds. The predicted octanol–water partition coefficient (Wildman–Crippen LogP) is 6.55. The van der Waals surface area contributed by atoms with Gasteiger partial charge in [-0.25, -0.2) is 0 Å². The molecule has 0 aromatic heterocycles. The maximum Gasteiger partial charge on any atom is 0.120 e. The predicted molar refractivity (Wildman–Crippen MR) is 122 cm³/mol. The van der Waals surface area contributed by atoms with Crippen LogP contribution in [0.15, 0.2) is 60.7 Å². The molecule has 0 bridgehead atoms. The largest absolute Gasteiger partial charge is 0.508 e. The molecular weight excluding hydrogens is 391 g/mol. The second-order valence-electron chi connectivity index (χ2n) is 6.69. The number of phenols is 1. The van der Waals surface area contributed by atoms with Crippen molar-refractivity contribution in [3.8, 4) is 5.75 Å². The Morgan fingerprint density at radius 1 is 0.857 bits per heavy atom. The molecule has 5 heteroatoms. The van der Waals surface area contributed by atoms with Crippen LogP contribution in [0.3, 0.4) is 0 Å². The molecule has 3 rings (SSSR count). The normalized spacial score (nSPS) is 11.0. The first-order chi connectivity index (χ1) is 13.4. The van der Waals surface area contributed by atoms with E-state index >= 15 is 0 Å². The van der Waals surface area contributed by atoms with Gasteiger partial charge in [-0.2, -0.15) is 0 Å².